The van der Waals surface area contributed by atoms with E-state index < -0.39 is 0 Å². The molecule has 0 saturated carbocycles. The fraction of sp³-hybridized carbons (Fsp3) is 0.0526. The molecule has 0 radical (unpaired) electrons. The molecule has 0 fully saturated rings. The second kappa shape index (κ2) is 6.41. The number of hydrogen-bond acceptors (Lipinski definition) is 5. The zero-order chi connectivity index (χ0) is 17.2. The molecular weight excluding hydrogens is 332 g/mol. The van der Waals surface area contributed by atoms with Crippen LogP contribution in [0, 0.1) is 6.92 Å². The van der Waals surface area contributed by atoms with E-state index in [-0.39, 0.29) is 5.56 Å². The van der Waals surface area contributed by atoms with Gasteiger partial charge >= 0.3 is 0 Å². The minimum atomic E-state index is -0.189. The molecule has 0 saturated heterocycles. The van der Waals surface area contributed by atoms with E-state index in [0.29, 0.717) is 10.7 Å². The fourth-order valence-electron chi connectivity index (χ4n) is 2.46. The molecule has 4 rings (SSSR count). The Hall–Kier alpha value is -3.12. The molecule has 0 aliphatic heterocycles. The predicted molar refractivity (Wildman–Crippen MR) is 100 cm³/mol. The van der Waals surface area contributed by atoms with Gasteiger partial charge in [-0.05, 0) is 30.7 Å². The molecule has 25 heavy (non-hydrogen) atoms. The van der Waals surface area contributed by atoms with Crippen LogP contribution in [0.15, 0.2) is 59.7 Å². The Kier molecular flexibility index (Phi) is 3.95. The first-order valence-electron chi connectivity index (χ1n) is 7.75. The highest BCUT2D eigenvalue weighted by Gasteiger charge is 2.10. The van der Waals surface area contributed by atoms with Gasteiger partial charge in [-0.25, -0.2) is 4.98 Å². The van der Waals surface area contributed by atoms with Crippen LogP contribution in [0.25, 0.3) is 27.7 Å². The van der Waals surface area contributed by atoms with E-state index in [0.717, 1.165) is 21.7 Å². The number of fused-ring (bicyclic) bond motifs is 1. The number of rotatable bonds is 3. The second-order valence-electron chi connectivity index (χ2n) is 5.61. The largest absolute Gasteiger partial charge is 0.275 e. The van der Waals surface area contributed by atoms with Crippen LogP contribution in [0.2, 0.25) is 0 Å². The van der Waals surface area contributed by atoms with Crippen LogP contribution in [0.5, 0.6) is 0 Å². The Balaban J connectivity index is 1.75. The Morgan fingerprint density at radius 3 is 2.84 bits per heavy atom. The van der Waals surface area contributed by atoms with Crippen LogP contribution in [0.1, 0.15) is 16.8 Å². The van der Waals surface area contributed by atoms with Gasteiger partial charge in [0.05, 0.1) is 5.69 Å². The topological polar surface area (TPSA) is 60.2 Å². The van der Waals surface area contributed by atoms with Crippen LogP contribution in [0.4, 0.5) is 0 Å². The Morgan fingerprint density at radius 1 is 1.12 bits per heavy atom. The maximum atomic E-state index is 12.3. The highest BCUT2D eigenvalue weighted by atomic mass is 32.1. The van der Waals surface area contributed by atoms with Gasteiger partial charge in [0, 0.05) is 24.0 Å². The van der Waals surface area contributed by atoms with Crippen LogP contribution >= 0.6 is 11.3 Å². The minimum absolute atomic E-state index is 0.189. The van der Waals surface area contributed by atoms with Gasteiger partial charge in [0.2, 0.25) is 4.96 Å². The van der Waals surface area contributed by atoms with Crippen molar-refractivity contribution >= 4 is 28.4 Å². The number of nitrogens with zero attached hydrogens (tertiary/aromatic N) is 4. The molecule has 0 aliphatic rings. The van der Waals surface area contributed by atoms with Crippen molar-refractivity contribution in [2.45, 2.75) is 6.92 Å². The smallest absolute Gasteiger partial charge is 0.267 e. The lowest BCUT2D eigenvalue weighted by molar-refractivity contribution is 0.901. The van der Waals surface area contributed by atoms with Gasteiger partial charge in [0.15, 0.2) is 0 Å². The summed E-state index contributed by atoms with van der Waals surface area (Å²) in [5.41, 5.74) is 3.51. The summed E-state index contributed by atoms with van der Waals surface area (Å²) >= 11 is 1.40. The molecule has 0 atom stereocenters. The van der Waals surface area contributed by atoms with Gasteiger partial charge < -0.3 is 0 Å². The molecule has 4 aromatic rings. The predicted octanol–water partition coefficient (Wildman–Crippen LogP) is 3.69. The molecular formula is C19H14N4OS. The molecule has 3 heterocycles. The molecule has 1 aromatic carbocycles. The van der Waals surface area contributed by atoms with Crippen LogP contribution < -0.4 is 5.56 Å². The van der Waals surface area contributed by atoms with Crippen molar-refractivity contribution in [2.24, 2.45) is 0 Å². The quantitative estimate of drug-likeness (QED) is 0.568. The summed E-state index contributed by atoms with van der Waals surface area (Å²) < 4.78 is 1.35. The van der Waals surface area contributed by atoms with Crippen LogP contribution in [0.3, 0.4) is 0 Å². The minimum Gasteiger partial charge on any atom is -0.267 e. The Bertz CT molecular complexity index is 1130. The highest BCUT2D eigenvalue weighted by molar-refractivity contribution is 7.19. The molecule has 0 bridgehead atoms. The van der Waals surface area contributed by atoms with E-state index in [4.69, 9.17) is 0 Å². The summed E-state index contributed by atoms with van der Waals surface area (Å²) in [5.74, 6) is 0. The van der Waals surface area contributed by atoms with E-state index in [9.17, 15) is 4.79 Å². The van der Waals surface area contributed by atoms with Crippen molar-refractivity contribution in [3.05, 3.63) is 82.0 Å². The first-order valence-corrected chi connectivity index (χ1v) is 8.57. The first kappa shape index (κ1) is 15.4. The maximum absolute atomic E-state index is 12.3. The zero-order valence-electron chi connectivity index (χ0n) is 13.5. The molecule has 6 heteroatoms. The van der Waals surface area contributed by atoms with Gasteiger partial charge in [-0.15, -0.1) is 0 Å². The van der Waals surface area contributed by atoms with Gasteiger partial charge in [0.25, 0.3) is 5.56 Å². The van der Waals surface area contributed by atoms with Crippen molar-refractivity contribution in [2.75, 3.05) is 0 Å². The lowest BCUT2D eigenvalue weighted by Crippen LogP contribution is -2.14. The summed E-state index contributed by atoms with van der Waals surface area (Å²) in [6.07, 6.45) is 7.17. The van der Waals surface area contributed by atoms with Gasteiger partial charge in [-0.2, -0.15) is 9.61 Å². The van der Waals surface area contributed by atoms with Crippen molar-refractivity contribution in [1.82, 2.24) is 19.6 Å². The SMILES string of the molecule is Cc1cccc(-c2nn3c(=O)cc(/C=C/c4cccnc4)nc3s2)c1. The summed E-state index contributed by atoms with van der Waals surface area (Å²) in [4.78, 5) is 21.5. The third-order valence-corrected chi connectivity index (χ3v) is 4.62. The van der Waals surface area contributed by atoms with E-state index in [1.807, 2.05) is 55.5 Å². The molecule has 5 nitrogen and oxygen atoms in total. The molecule has 0 aliphatic carbocycles. The summed E-state index contributed by atoms with van der Waals surface area (Å²) in [6.45, 7) is 2.03. The van der Waals surface area contributed by atoms with Gasteiger partial charge in [-0.1, -0.05) is 47.2 Å². The summed E-state index contributed by atoms with van der Waals surface area (Å²) in [5, 5.41) is 5.19. The average Bonchev–Trinajstić information content (AvgIpc) is 3.06. The van der Waals surface area contributed by atoms with Crippen molar-refractivity contribution in [3.8, 4) is 10.6 Å². The van der Waals surface area contributed by atoms with Crippen LogP contribution in [-0.4, -0.2) is 19.6 Å². The molecule has 0 unspecified atom stereocenters. The molecule has 0 amide bonds. The van der Waals surface area contributed by atoms with Crippen molar-refractivity contribution in [1.29, 1.82) is 0 Å². The Labute approximate surface area is 148 Å². The average molecular weight is 346 g/mol. The standard InChI is InChI=1S/C19H14N4OS/c1-13-4-2-6-15(10-13)18-22-23-17(24)11-16(21-19(23)25-18)8-7-14-5-3-9-20-12-14/h2-12H,1H3/b8-7+. The number of hydrogen-bond donors (Lipinski definition) is 0. The van der Waals surface area contributed by atoms with Crippen molar-refractivity contribution in [3.63, 3.8) is 0 Å². The van der Waals surface area contributed by atoms with E-state index >= 15 is 0 Å². The lowest BCUT2D eigenvalue weighted by atomic mass is 10.1. The number of aryl methyl sites for hydroxylation is 1. The zero-order valence-corrected chi connectivity index (χ0v) is 14.3. The normalized spacial score (nSPS) is 11.4. The Morgan fingerprint density at radius 2 is 2.04 bits per heavy atom. The lowest BCUT2D eigenvalue weighted by Gasteiger charge is -1.95. The fourth-order valence-corrected chi connectivity index (χ4v) is 3.37. The van der Waals surface area contributed by atoms with E-state index in [2.05, 4.69) is 15.1 Å². The van der Waals surface area contributed by atoms with Crippen molar-refractivity contribution < 1.29 is 0 Å². The van der Waals surface area contributed by atoms with Gasteiger partial charge in [-0.3, -0.25) is 9.78 Å². The number of aromatic nitrogens is 4. The number of benzene rings is 1. The maximum Gasteiger partial charge on any atom is 0.275 e. The van der Waals surface area contributed by atoms with E-state index in [1.54, 1.807) is 12.4 Å². The molecule has 122 valence electrons. The molecule has 0 N–H and O–H groups in total. The van der Waals surface area contributed by atoms with E-state index in [1.165, 1.54) is 21.9 Å². The third-order valence-electron chi connectivity index (χ3n) is 3.66. The first-order chi connectivity index (χ1) is 12.2. The van der Waals surface area contributed by atoms with Gasteiger partial charge in [0.1, 0.15) is 5.01 Å². The summed E-state index contributed by atoms with van der Waals surface area (Å²) in [6, 6.07) is 13.3. The third kappa shape index (κ3) is 3.25. The number of pyridine rings is 1. The molecule has 0 spiro atoms. The summed E-state index contributed by atoms with van der Waals surface area (Å²) in [7, 11) is 0. The monoisotopic (exact) mass is 346 g/mol. The second-order valence-corrected chi connectivity index (χ2v) is 6.57. The molecule has 3 aromatic heterocycles. The highest BCUT2D eigenvalue weighted by Crippen LogP contribution is 2.25. The van der Waals surface area contributed by atoms with Crippen LogP contribution in [-0.2, 0) is 0 Å².